The van der Waals surface area contributed by atoms with Crippen molar-refractivity contribution >= 4 is 0 Å². The van der Waals surface area contributed by atoms with E-state index < -0.39 is 0 Å². The maximum Gasteiger partial charge on any atom is 0.165 e. The fourth-order valence-corrected chi connectivity index (χ4v) is 2.36. The van der Waals surface area contributed by atoms with E-state index in [0.29, 0.717) is 12.5 Å². The lowest BCUT2D eigenvalue weighted by Gasteiger charge is -2.17. The summed E-state index contributed by atoms with van der Waals surface area (Å²) in [4.78, 5) is 0. The topological polar surface area (TPSA) is 39.7 Å². The molecule has 0 fully saturated rings. The number of para-hydroxylation sites is 1. The highest BCUT2D eigenvalue weighted by molar-refractivity contribution is 5.46. The smallest absolute Gasteiger partial charge is 0.165 e. The Labute approximate surface area is 144 Å². The quantitative estimate of drug-likeness (QED) is 0.754. The fourth-order valence-electron chi connectivity index (χ4n) is 2.36. The lowest BCUT2D eigenvalue weighted by molar-refractivity contribution is 0.254. The molecule has 0 aliphatic heterocycles. The zero-order valence-electron chi connectivity index (χ0n) is 15.0. The number of hydrogen-bond acceptors (Lipinski definition) is 4. The summed E-state index contributed by atoms with van der Waals surface area (Å²) in [5.74, 6) is 2.95. The van der Waals surface area contributed by atoms with Crippen molar-refractivity contribution < 1.29 is 14.2 Å². The molecular formula is C20H27NO3. The van der Waals surface area contributed by atoms with Gasteiger partial charge in [0.25, 0.3) is 0 Å². The Bertz CT molecular complexity index is 623. The average molecular weight is 329 g/mol. The van der Waals surface area contributed by atoms with Crippen LogP contribution < -0.4 is 19.5 Å². The maximum atomic E-state index is 5.97. The minimum atomic E-state index is 0.468. The molecule has 2 rings (SSSR count). The van der Waals surface area contributed by atoms with Crippen LogP contribution in [-0.2, 0) is 13.1 Å². The molecule has 0 saturated carbocycles. The van der Waals surface area contributed by atoms with Gasteiger partial charge in [-0.2, -0.15) is 0 Å². The van der Waals surface area contributed by atoms with Gasteiger partial charge >= 0.3 is 0 Å². The van der Waals surface area contributed by atoms with Crippen molar-refractivity contribution in [2.75, 3.05) is 20.8 Å². The first-order chi connectivity index (χ1) is 11.6. The summed E-state index contributed by atoms with van der Waals surface area (Å²) in [6.45, 7) is 6.45. The van der Waals surface area contributed by atoms with Crippen LogP contribution in [0.3, 0.4) is 0 Å². The Morgan fingerprint density at radius 3 is 2.29 bits per heavy atom. The molecule has 130 valence electrons. The second-order valence-corrected chi connectivity index (χ2v) is 6.11. The zero-order valence-corrected chi connectivity index (χ0v) is 15.0. The van der Waals surface area contributed by atoms with Crippen molar-refractivity contribution in [3.05, 3.63) is 53.6 Å². The molecule has 0 aliphatic rings. The molecule has 0 unspecified atom stereocenters. The van der Waals surface area contributed by atoms with Gasteiger partial charge < -0.3 is 19.5 Å². The SMILES string of the molecule is COc1ccc(CNCc2cccc(OC)c2OCC(C)C)cc1. The van der Waals surface area contributed by atoms with Gasteiger partial charge in [-0.1, -0.05) is 38.1 Å². The molecule has 2 aromatic rings. The third-order valence-corrected chi connectivity index (χ3v) is 3.64. The molecule has 0 atom stereocenters. The van der Waals surface area contributed by atoms with Gasteiger partial charge in [0.1, 0.15) is 5.75 Å². The first kappa shape index (κ1) is 18.1. The van der Waals surface area contributed by atoms with Crippen LogP contribution in [0.4, 0.5) is 0 Å². The Balaban J connectivity index is 1.99. The molecule has 2 aromatic carbocycles. The molecular weight excluding hydrogens is 302 g/mol. The van der Waals surface area contributed by atoms with Crippen LogP contribution in [0.25, 0.3) is 0 Å². The van der Waals surface area contributed by atoms with Crippen molar-refractivity contribution in [1.29, 1.82) is 0 Å². The normalized spacial score (nSPS) is 10.7. The standard InChI is InChI=1S/C20H27NO3/c1-15(2)14-24-20-17(6-5-7-19(20)23-4)13-21-12-16-8-10-18(22-3)11-9-16/h5-11,15,21H,12-14H2,1-4H3. The Morgan fingerprint density at radius 1 is 0.917 bits per heavy atom. The lowest BCUT2D eigenvalue weighted by atomic mass is 10.1. The van der Waals surface area contributed by atoms with Crippen LogP contribution >= 0.6 is 0 Å². The summed E-state index contributed by atoms with van der Waals surface area (Å²) < 4.78 is 16.6. The highest BCUT2D eigenvalue weighted by Gasteiger charge is 2.11. The van der Waals surface area contributed by atoms with Crippen molar-refractivity contribution in [3.63, 3.8) is 0 Å². The molecule has 1 N–H and O–H groups in total. The second-order valence-electron chi connectivity index (χ2n) is 6.11. The molecule has 0 aliphatic carbocycles. The van der Waals surface area contributed by atoms with E-state index in [1.54, 1.807) is 14.2 Å². The van der Waals surface area contributed by atoms with Crippen molar-refractivity contribution in [2.45, 2.75) is 26.9 Å². The van der Waals surface area contributed by atoms with Crippen molar-refractivity contribution in [2.24, 2.45) is 5.92 Å². The molecule has 0 spiro atoms. The molecule has 24 heavy (non-hydrogen) atoms. The predicted molar refractivity (Wildman–Crippen MR) is 96.9 cm³/mol. The van der Waals surface area contributed by atoms with Gasteiger partial charge in [0.2, 0.25) is 0 Å². The van der Waals surface area contributed by atoms with E-state index in [4.69, 9.17) is 14.2 Å². The number of nitrogens with one attached hydrogen (secondary N) is 1. The van der Waals surface area contributed by atoms with E-state index in [1.165, 1.54) is 5.56 Å². The molecule has 0 saturated heterocycles. The summed E-state index contributed by atoms with van der Waals surface area (Å²) in [7, 11) is 3.35. The van der Waals surface area contributed by atoms with Gasteiger partial charge in [-0.15, -0.1) is 0 Å². The van der Waals surface area contributed by atoms with Gasteiger partial charge in [0.15, 0.2) is 11.5 Å². The second kappa shape index (κ2) is 9.18. The molecule has 4 nitrogen and oxygen atoms in total. The minimum Gasteiger partial charge on any atom is -0.497 e. The summed E-state index contributed by atoms with van der Waals surface area (Å²) in [6.07, 6.45) is 0. The monoisotopic (exact) mass is 329 g/mol. The zero-order chi connectivity index (χ0) is 17.4. The Hall–Kier alpha value is -2.20. The van der Waals surface area contributed by atoms with E-state index >= 15 is 0 Å². The molecule has 0 amide bonds. The largest absolute Gasteiger partial charge is 0.497 e. The van der Waals surface area contributed by atoms with Crippen LogP contribution in [0.15, 0.2) is 42.5 Å². The molecule has 4 heteroatoms. The van der Waals surface area contributed by atoms with Gasteiger partial charge in [0, 0.05) is 18.7 Å². The van der Waals surface area contributed by atoms with Crippen LogP contribution in [0.5, 0.6) is 17.2 Å². The Kier molecular flexibility index (Phi) is 6.94. The maximum absolute atomic E-state index is 5.97. The first-order valence-corrected chi connectivity index (χ1v) is 8.26. The van der Waals surface area contributed by atoms with Crippen LogP contribution in [0, 0.1) is 5.92 Å². The van der Waals surface area contributed by atoms with E-state index in [0.717, 1.165) is 35.9 Å². The first-order valence-electron chi connectivity index (χ1n) is 8.26. The summed E-state index contributed by atoms with van der Waals surface area (Å²) in [5, 5.41) is 3.46. The highest BCUT2D eigenvalue weighted by atomic mass is 16.5. The summed E-state index contributed by atoms with van der Waals surface area (Å²) >= 11 is 0. The highest BCUT2D eigenvalue weighted by Crippen LogP contribution is 2.31. The predicted octanol–water partition coefficient (Wildman–Crippen LogP) is 4.03. The average Bonchev–Trinajstić information content (AvgIpc) is 2.60. The third kappa shape index (κ3) is 5.17. The molecule has 0 bridgehead atoms. The number of rotatable bonds is 9. The molecule has 0 radical (unpaired) electrons. The van der Waals surface area contributed by atoms with Gasteiger partial charge in [-0.05, 0) is 29.7 Å². The lowest BCUT2D eigenvalue weighted by Crippen LogP contribution is -2.15. The van der Waals surface area contributed by atoms with E-state index in [2.05, 4.69) is 37.4 Å². The van der Waals surface area contributed by atoms with Gasteiger partial charge in [0.05, 0.1) is 20.8 Å². The number of hydrogen-bond donors (Lipinski definition) is 1. The number of benzene rings is 2. The van der Waals surface area contributed by atoms with Gasteiger partial charge in [-0.25, -0.2) is 0 Å². The van der Waals surface area contributed by atoms with E-state index in [9.17, 15) is 0 Å². The van der Waals surface area contributed by atoms with E-state index in [-0.39, 0.29) is 0 Å². The van der Waals surface area contributed by atoms with E-state index in [1.807, 2.05) is 24.3 Å². The number of methoxy groups -OCH3 is 2. The van der Waals surface area contributed by atoms with Crippen LogP contribution in [-0.4, -0.2) is 20.8 Å². The minimum absolute atomic E-state index is 0.468. The Morgan fingerprint density at radius 2 is 1.67 bits per heavy atom. The van der Waals surface area contributed by atoms with Gasteiger partial charge in [-0.3, -0.25) is 0 Å². The van der Waals surface area contributed by atoms with Crippen LogP contribution in [0.2, 0.25) is 0 Å². The van der Waals surface area contributed by atoms with Crippen molar-refractivity contribution in [1.82, 2.24) is 5.32 Å². The van der Waals surface area contributed by atoms with Crippen LogP contribution in [0.1, 0.15) is 25.0 Å². The fraction of sp³-hybridized carbons (Fsp3) is 0.400. The molecule has 0 aromatic heterocycles. The molecule has 0 heterocycles. The summed E-state index contributed by atoms with van der Waals surface area (Å²) in [6, 6.07) is 14.1. The van der Waals surface area contributed by atoms with Crippen molar-refractivity contribution in [3.8, 4) is 17.2 Å². The third-order valence-electron chi connectivity index (χ3n) is 3.64. The summed E-state index contributed by atoms with van der Waals surface area (Å²) in [5.41, 5.74) is 2.31. The number of ether oxygens (including phenoxy) is 3.